The lowest BCUT2D eigenvalue weighted by molar-refractivity contribution is -0.177. The van der Waals surface area contributed by atoms with E-state index in [1.54, 1.807) is 12.1 Å². The molecular weight excluding hydrogens is 290 g/mol. The van der Waals surface area contributed by atoms with Crippen LogP contribution in [0.15, 0.2) is 24.3 Å². The van der Waals surface area contributed by atoms with Gasteiger partial charge < -0.3 is 14.3 Å². The van der Waals surface area contributed by atoms with E-state index in [0.717, 1.165) is 12.8 Å². The van der Waals surface area contributed by atoms with Crippen molar-refractivity contribution in [3.8, 4) is 0 Å². The predicted molar refractivity (Wildman–Crippen MR) is 72.8 cm³/mol. The van der Waals surface area contributed by atoms with Crippen LogP contribution in [0, 0.1) is 0 Å². The van der Waals surface area contributed by atoms with E-state index in [1.165, 1.54) is 12.1 Å². The van der Waals surface area contributed by atoms with E-state index >= 15 is 0 Å². The van der Waals surface area contributed by atoms with Crippen LogP contribution in [0.1, 0.15) is 33.6 Å². The maximum absolute atomic E-state index is 12.0. The molecule has 3 rings (SSSR count). The first-order valence-electron chi connectivity index (χ1n) is 7.05. The van der Waals surface area contributed by atoms with E-state index < -0.39 is 17.8 Å². The molecule has 1 fully saturated rings. The summed E-state index contributed by atoms with van der Waals surface area (Å²) in [4.78, 5) is 40.6. The molecule has 1 atom stereocenters. The normalized spacial score (nSPS) is 20.9. The van der Waals surface area contributed by atoms with Gasteiger partial charge in [0.05, 0.1) is 23.8 Å². The van der Waals surface area contributed by atoms with Crippen molar-refractivity contribution in [1.29, 1.82) is 0 Å². The minimum atomic E-state index is -0.792. The second-order valence-corrected chi connectivity index (χ2v) is 5.06. The van der Waals surface area contributed by atoms with Gasteiger partial charge in [-0.1, -0.05) is 17.2 Å². The zero-order valence-corrected chi connectivity index (χ0v) is 11.8. The van der Waals surface area contributed by atoms with Gasteiger partial charge in [0.25, 0.3) is 11.8 Å². The molecule has 1 aromatic carbocycles. The maximum atomic E-state index is 12.0. The number of hydrogen-bond acceptors (Lipinski definition) is 6. The topological polar surface area (TPSA) is 82.1 Å². The molecule has 7 nitrogen and oxygen atoms in total. The number of benzene rings is 1. The first-order chi connectivity index (χ1) is 10.7. The Hall–Kier alpha value is -2.25. The number of nitrogens with zero attached hydrogens (tertiary/aromatic N) is 1. The van der Waals surface area contributed by atoms with E-state index in [4.69, 9.17) is 14.3 Å². The summed E-state index contributed by atoms with van der Waals surface area (Å²) in [5, 5.41) is 0.480. The van der Waals surface area contributed by atoms with E-state index in [2.05, 4.69) is 0 Å². The molecular formula is C15H15NO6. The standard InChI is InChI=1S/C15H15NO6/c17-13(9-21-10-4-3-7-20-8-10)22-16-14(18)11-5-1-2-6-12(11)15(16)19/h1-2,5-6,10H,3-4,7-9H2. The maximum Gasteiger partial charge on any atom is 0.358 e. The second-order valence-electron chi connectivity index (χ2n) is 5.06. The molecule has 0 spiro atoms. The van der Waals surface area contributed by atoms with Crippen LogP contribution < -0.4 is 0 Å². The quantitative estimate of drug-likeness (QED) is 0.770. The van der Waals surface area contributed by atoms with Gasteiger partial charge in [-0.05, 0) is 25.0 Å². The molecule has 0 radical (unpaired) electrons. The summed E-state index contributed by atoms with van der Waals surface area (Å²) in [6.45, 7) is 0.793. The number of rotatable bonds is 4. The SMILES string of the molecule is O=C(COC1CCCOC1)ON1C(=O)c2ccccc2C1=O. The van der Waals surface area contributed by atoms with E-state index in [-0.39, 0.29) is 23.8 Å². The highest BCUT2D eigenvalue weighted by atomic mass is 16.7. The molecule has 0 aromatic heterocycles. The van der Waals surface area contributed by atoms with Crippen LogP contribution in [0.25, 0.3) is 0 Å². The highest BCUT2D eigenvalue weighted by Gasteiger charge is 2.38. The molecule has 0 aliphatic carbocycles. The molecule has 2 amide bonds. The molecule has 0 saturated carbocycles. The molecule has 2 heterocycles. The zero-order valence-electron chi connectivity index (χ0n) is 11.8. The van der Waals surface area contributed by atoms with Crippen molar-refractivity contribution < 1.29 is 28.7 Å². The summed E-state index contributed by atoms with van der Waals surface area (Å²) in [7, 11) is 0. The molecule has 1 aromatic rings. The van der Waals surface area contributed by atoms with Crippen LogP contribution in [-0.4, -0.2) is 48.8 Å². The van der Waals surface area contributed by atoms with Gasteiger partial charge in [0, 0.05) is 6.61 Å². The number of carbonyl (C=O) groups excluding carboxylic acids is 3. The molecule has 0 bridgehead atoms. The molecule has 2 aliphatic heterocycles. The molecule has 22 heavy (non-hydrogen) atoms. The molecule has 1 unspecified atom stereocenters. The third-order valence-corrected chi connectivity index (χ3v) is 3.51. The number of imide groups is 1. The van der Waals surface area contributed by atoms with Crippen molar-refractivity contribution in [2.45, 2.75) is 18.9 Å². The lowest BCUT2D eigenvalue weighted by atomic mass is 10.1. The van der Waals surface area contributed by atoms with Gasteiger partial charge in [-0.3, -0.25) is 9.59 Å². The predicted octanol–water partition coefficient (Wildman–Crippen LogP) is 0.936. The Morgan fingerprint density at radius 2 is 1.91 bits per heavy atom. The van der Waals surface area contributed by atoms with E-state index in [0.29, 0.717) is 18.3 Å². The minimum Gasteiger partial charge on any atom is -0.379 e. The van der Waals surface area contributed by atoms with Crippen molar-refractivity contribution in [3.63, 3.8) is 0 Å². The fourth-order valence-corrected chi connectivity index (χ4v) is 2.41. The van der Waals surface area contributed by atoms with Crippen LogP contribution in [-0.2, 0) is 19.1 Å². The summed E-state index contributed by atoms with van der Waals surface area (Å²) in [5.41, 5.74) is 0.448. The summed E-state index contributed by atoms with van der Waals surface area (Å²) < 4.78 is 10.6. The molecule has 2 aliphatic rings. The fraction of sp³-hybridized carbons (Fsp3) is 0.400. The average molecular weight is 305 g/mol. The fourth-order valence-electron chi connectivity index (χ4n) is 2.41. The first kappa shape index (κ1) is 14.7. The first-order valence-corrected chi connectivity index (χ1v) is 7.05. The van der Waals surface area contributed by atoms with Crippen LogP contribution >= 0.6 is 0 Å². The number of amides is 2. The number of hydrogen-bond donors (Lipinski definition) is 0. The average Bonchev–Trinajstić information content (AvgIpc) is 2.79. The summed E-state index contributed by atoms with van der Waals surface area (Å²) in [5.74, 6) is -2.08. The molecule has 0 N–H and O–H groups in total. The number of carbonyl (C=O) groups is 3. The Kier molecular flexibility index (Phi) is 4.17. The lowest BCUT2D eigenvalue weighted by Crippen LogP contribution is -2.35. The second kappa shape index (κ2) is 6.25. The van der Waals surface area contributed by atoms with Crippen LogP contribution in [0.2, 0.25) is 0 Å². The summed E-state index contributed by atoms with van der Waals surface area (Å²) in [6, 6.07) is 6.31. The molecule has 7 heteroatoms. The Morgan fingerprint density at radius 3 is 2.50 bits per heavy atom. The molecule has 1 saturated heterocycles. The Balaban J connectivity index is 1.56. The third kappa shape index (κ3) is 2.86. The largest absolute Gasteiger partial charge is 0.379 e. The molecule has 116 valence electrons. The van der Waals surface area contributed by atoms with Gasteiger partial charge in [0.15, 0.2) is 0 Å². The van der Waals surface area contributed by atoms with Gasteiger partial charge >= 0.3 is 5.97 Å². The Bertz CT molecular complexity index is 573. The monoisotopic (exact) mass is 305 g/mol. The Labute approximate surface area is 126 Å². The third-order valence-electron chi connectivity index (χ3n) is 3.51. The zero-order chi connectivity index (χ0) is 15.5. The van der Waals surface area contributed by atoms with Gasteiger partial charge in [0.2, 0.25) is 0 Å². The smallest absolute Gasteiger partial charge is 0.358 e. The van der Waals surface area contributed by atoms with Gasteiger partial charge in [-0.2, -0.15) is 0 Å². The van der Waals surface area contributed by atoms with Gasteiger partial charge in [-0.15, -0.1) is 0 Å². The van der Waals surface area contributed by atoms with Gasteiger partial charge in [0.1, 0.15) is 6.61 Å². The van der Waals surface area contributed by atoms with Crippen molar-refractivity contribution >= 4 is 17.8 Å². The number of hydroxylamine groups is 2. The van der Waals surface area contributed by atoms with Crippen molar-refractivity contribution in [1.82, 2.24) is 5.06 Å². The van der Waals surface area contributed by atoms with Crippen LogP contribution in [0.4, 0.5) is 0 Å². The van der Waals surface area contributed by atoms with Crippen molar-refractivity contribution in [2.24, 2.45) is 0 Å². The minimum absolute atomic E-state index is 0.163. The van der Waals surface area contributed by atoms with Crippen LogP contribution in [0.3, 0.4) is 0 Å². The van der Waals surface area contributed by atoms with Crippen LogP contribution in [0.5, 0.6) is 0 Å². The highest BCUT2D eigenvalue weighted by molar-refractivity contribution is 6.20. The van der Waals surface area contributed by atoms with E-state index in [9.17, 15) is 14.4 Å². The Morgan fingerprint density at radius 1 is 1.23 bits per heavy atom. The summed E-state index contributed by atoms with van der Waals surface area (Å²) in [6.07, 6.45) is 1.52. The summed E-state index contributed by atoms with van der Waals surface area (Å²) >= 11 is 0. The number of ether oxygens (including phenoxy) is 2. The van der Waals surface area contributed by atoms with E-state index in [1.807, 2.05) is 0 Å². The van der Waals surface area contributed by atoms with Crippen molar-refractivity contribution in [3.05, 3.63) is 35.4 Å². The number of fused-ring (bicyclic) bond motifs is 1. The lowest BCUT2D eigenvalue weighted by Gasteiger charge is -2.22. The van der Waals surface area contributed by atoms with Crippen molar-refractivity contribution in [2.75, 3.05) is 19.8 Å². The van der Waals surface area contributed by atoms with Gasteiger partial charge in [-0.25, -0.2) is 4.79 Å². The highest BCUT2D eigenvalue weighted by Crippen LogP contribution is 2.22.